The molecule has 2 aromatic rings. The van der Waals surface area contributed by atoms with Crippen LogP contribution in [0.15, 0.2) is 36.5 Å². The minimum atomic E-state index is -0.0595. The van der Waals surface area contributed by atoms with Crippen LogP contribution in [0.4, 0.5) is 5.82 Å². The number of carbonyl (C=O) groups is 1. The maximum Gasteiger partial charge on any atom is 0.257 e. The minimum Gasteiger partial charge on any atom is -0.485 e. The molecule has 1 unspecified atom stereocenters. The Morgan fingerprint density at radius 1 is 1.27 bits per heavy atom. The number of hydrogen-bond donors (Lipinski definition) is 0. The number of hydrogen-bond acceptors (Lipinski definition) is 6. The zero-order chi connectivity index (χ0) is 18.1. The van der Waals surface area contributed by atoms with Crippen molar-refractivity contribution in [3.05, 3.63) is 42.1 Å². The second-order valence-corrected chi connectivity index (χ2v) is 6.54. The summed E-state index contributed by atoms with van der Waals surface area (Å²) in [6.07, 6.45) is 2.46. The molecular weight excluding hydrogens is 334 g/mol. The van der Waals surface area contributed by atoms with Crippen LogP contribution >= 0.6 is 0 Å². The third-order valence-corrected chi connectivity index (χ3v) is 4.53. The van der Waals surface area contributed by atoms with Crippen molar-refractivity contribution in [3.63, 3.8) is 0 Å². The monoisotopic (exact) mass is 355 g/mol. The van der Waals surface area contributed by atoms with Gasteiger partial charge in [-0.05, 0) is 24.3 Å². The Morgan fingerprint density at radius 2 is 2.15 bits per heavy atom. The molecule has 26 heavy (non-hydrogen) atoms. The number of fused-ring (bicyclic) bond motifs is 1. The molecule has 0 spiro atoms. The van der Waals surface area contributed by atoms with E-state index in [1.165, 1.54) is 0 Å². The van der Waals surface area contributed by atoms with E-state index in [4.69, 9.17) is 14.2 Å². The van der Waals surface area contributed by atoms with Crippen molar-refractivity contribution >= 4 is 11.7 Å². The second kappa shape index (κ2) is 6.74. The van der Waals surface area contributed by atoms with Crippen molar-refractivity contribution in [1.29, 1.82) is 0 Å². The first-order valence-electron chi connectivity index (χ1n) is 8.60. The Balaban J connectivity index is 1.46. The summed E-state index contributed by atoms with van der Waals surface area (Å²) in [6, 6.07) is 9.15. The number of nitrogens with zero attached hydrogens (tertiary/aromatic N) is 3. The molecule has 0 aliphatic carbocycles. The van der Waals surface area contributed by atoms with Crippen molar-refractivity contribution < 1.29 is 19.0 Å². The van der Waals surface area contributed by atoms with Crippen LogP contribution in [0.25, 0.3) is 0 Å². The van der Waals surface area contributed by atoms with E-state index in [1.54, 1.807) is 23.2 Å². The molecule has 0 bridgehead atoms. The van der Waals surface area contributed by atoms with Crippen molar-refractivity contribution in [2.45, 2.75) is 12.5 Å². The maximum absolute atomic E-state index is 12.9. The van der Waals surface area contributed by atoms with Crippen LogP contribution in [0.5, 0.6) is 17.2 Å². The molecule has 7 nitrogen and oxygen atoms in total. The molecule has 1 amide bonds. The van der Waals surface area contributed by atoms with Gasteiger partial charge < -0.3 is 24.0 Å². The molecule has 0 N–H and O–H groups in total. The predicted octanol–water partition coefficient (Wildman–Crippen LogP) is 2.17. The van der Waals surface area contributed by atoms with Gasteiger partial charge in [-0.1, -0.05) is 6.07 Å². The van der Waals surface area contributed by atoms with Gasteiger partial charge in [0.1, 0.15) is 6.10 Å². The third kappa shape index (κ3) is 3.00. The lowest BCUT2D eigenvalue weighted by Crippen LogP contribution is -2.31. The molecule has 1 saturated heterocycles. The Kier molecular flexibility index (Phi) is 4.28. The fourth-order valence-electron chi connectivity index (χ4n) is 3.27. The molecule has 2 aliphatic heterocycles. The van der Waals surface area contributed by atoms with Gasteiger partial charge in [0.25, 0.3) is 5.91 Å². The van der Waals surface area contributed by atoms with E-state index in [9.17, 15) is 4.79 Å². The van der Waals surface area contributed by atoms with Crippen LogP contribution in [0.3, 0.4) is 0 Å². The van der Waals surface area contributed by atoms with Crippen LogP contribution in [0.2, 0.25) is 0 Å². The summed E-state index contributed by atoms with van der Waals surface area (Å²) in [5.74, 6) is 2.60. The molecule has 1 aromatic carbocycles. The summed E-state index contributed by atoms with van der Waals surface area (Å²) in [5.41, 5.74) is 0.538. The van der Waals surface area contributed by atoms with Crippen LogP contribution < -0.4 is 19.1 Å². The van der Waals surface area contributed by atoms with Gasteiger partial charge >= 0.3 is 0 Å². The van der Waals surface area contributed by atoms with E-state index in [2.05, 4.69) is 4.98 Å². The number of rotatable bonds is 4. The fourth-order valence-corrected chi connectivity index (χ4v) is 3.27. The van der Waals surface area contributed by atoms with Gasteiger partial charge in [-0.3, -0.25) is 4.79 Å². The third-order valence-electron chi connectivity index (χ3n) is 4.53. The van der Waals surface area contributed by atoms with Crippen molar-refractivity contribution in [2.24, 2.45) is 0 Å². The molecule has 4 rings (SSSR count). The average Bonchev–Trinajstić information content (AvgIpc) is 3.30. The number of amides is 1. The first-order chi connectivity index (χ1) is 12.6. The van der Waals surface area contributed by atoms with Crippen LogP contribution in [-0.2, 0) is 0 Å². The molecule has 0 saturated carbocycles. The van der Waals surface area contributed by atoms with E-state index in [-0.39, 0.29) is 18.8 Å². The Hall–Kier alpha value is -2.96. The van der Waals surface area contributed by atoms with E-state index < -0.39 is 0 Å². The van der Waals surface area contributed by atoms with Crippen LogP contribution in [0, 0.1) is 0 Å². The summed E-state index contributed by atoms with van der Waals surface area (Å²) in [7, 11) is 3.86. The van der Waals surface area contributed by atoms with Crippen molar-refractivity contribution in [2.75, 3.05) is 38.9 Å². The maximum atomic E-state index is 12.9. The minimum absolute atomic E-state index is 0.0579. The first kappa shape index (κ1) is 16.5. The summed E-state index contributed by atoms with van der Waals surface area (Å²) < 4.78 is 16.9. The largest absolute Gasteiger partial charge is 0.485 e. The topological polar surface area (TPSA) is 64.1 Å². The molecule has 3 heterocycles. The lowest BCUT2D eigenvalue weighted by molar-refractivity contribution is 0.0767. The van der Waals surface area contributed by atoms with Gasteiger partial charge in [0.2, 0.25) is 6.79 Å². The summed E-state index contributed by atoms with van der Waals surface area (Å²) in [6.45, 7) is 1.33. The lowest BCUT2D eigenvalue weighted by atomic mass is 10.1. The predicted molar refractivity (Wildman–Crippen MR) is 96.1 cm³/mol. The standard InChI is InChI=1S/C19H21N3O4/c1-21(2)18-16(7-4-9-20-18)26-13-8-10-22(11-13)19(23)14-5-3-6-15-17(14)25-12-24-15/h3-7,9,13H,8,10-12H2,1-2H3. The van der Waals surface area contributed by atoms with Gasteiger partial charge in [0.15, 0.2) is 23.1 Å². The van der Waals surface area contributed by atoms with Gasteiger partial charge in [-0.2, -0.15) is 0 Å². The second-order valence-electron chi connectivity index (χ2n) is 6.54. The highest BCUT2D eigenvalue weighted by atomic mass is 16.7. The van der Waals surface area contributed by atoms with Crippen LogP contribution in [0.1, 0.15) is 16.8 Å². The van der Waals surface area contributed by atoms with E-state index in [0.29, 0.717) is 30.2 Å². The molecule has 0 radical (unpaired) electrons. The van der Waals surface area contributed by atoms with Crippen molar-refractivity contribution in [3.8, 4) is 17.2 Å². The summed E-state index contributed by atoms with van der Waals surface area (Å²) in [4.78, 5) is 21.0. The molecule has 7 heteroatoms. The number of anilines is 1. The molecule has 1 fully saturated rings. The summed E-state index contributed by atoms with van der Waals surface area (Å²) >= 11 is 0. The molecular formula is C19H21N3O4. The van der Waals surface area contributed by atoms with E-state index in [0.717, 1.165) is 18.0 Å². The number of aromatic nitrogens is 1. The Bertz CT molecular complexity index is 824. The van der Waals surface area contributed by atoms with E-state index in [1.807, 2.05) is 37.2 Å². The highest BCUT2D eigenvalue weighted by Crippen LogP contribution is 2.36. The number of likely N-dealkylation sites (tertiary alicyclic amines) is 1. The normalized spacial score (nSPS) is 18.1. The van der Waals surface area contributed by atoms with Crippen molar-refractivity contribution in [1.82, 2.24) is 9.88 Å². The zero-order valence-electron chi connectivity index (χ0n) is 14.8. The number of ether oxygens (including phenoxy) is 3. The quantitative estimate of drug-likeness (QED) is 0.838. The van der Waals surface area contributed by atoms with E-state index >= 15 is 0 Å². The Morgan fingerprint density at radius 3 is 3.00 bits per heavy atom. The lowest BCUT2D eigenvalue weighted by Gasteiger charge is -2.20. The highest BCUT2D eigenvalue weighted by molar-refractivity contribution is 5.98. The number of pyridine rings is 1. The molecule has 2 aliphatic rings. The molecule has 136 valence electrons. The smallest absolute Gasteiger partial charge is 0.257 e. The fraction of sp³-hybridized carbons (Fsp3) is 0.368. The highest BCUT2D eigenvalue weighted by Gasteiger charge is 2.32. The molecule has 1 atom stereocenters. The van der Waals surface area contributed by atoms with Gasteiger partial charge in [-0.15, -0.1) is 0 Å². The van der Waals surface area contributed by atoms with Gasteiger partial charge in [0, 0.05) is 33.3 Å². The van der Waals surface area contributed by atoms with Crippen LogP contribution in [-0.4, -0.2) is 55.9 Å². The van der Waals surface area contributed by atoms with Gasteiger partial charge in [-0.25, -0.2) is 4.98 Å². The van der Waals surface area contributed by atoms with Gasteiger partial charge in [0.05, 0.1) is 12.1 Å². The number of para-hydroxylation sites is 1. The Labute approximate surface area is 152 Å². The SMILES string of the molecule is CN(C)c1ncccc1OC1CCN(C(=O)c2cccc3c2OCO3)C1. The number of benzene rings is 1. The summed E-state index contributed by atoms with van der Waals surface area (Å²) in [5, 5.41) is 0. The number of carbonyl (C=O) groups excluding carboxylic acids is 1. The zero-order valence-corrected chi connectivity index (χ0v) is 14.8. The molecule has 1 aromatic heterocycles. The average molecular weight is 355 g/mol. The first-order valence-corrected chi connectivity index (χ1v) is 8.60.